The highest BCUT2D eigenvalue weighted by molar-refractivity contribution is 5.87. The van der Waals surface area contributed by atoms with E-state index in [2.05, 4.69) is 152 Å². The Morgan fingerprint density at radius 3 is 1.58 bits per heavy atom. The first-order valence-corrected chi connectivity index (χ1v) is 15.5. The van der Waals surface area contributed by atoms with Crippen molar-refractivity contribution in [2.45, 2.75) is 20.3 Å². The van der Waals surface area contributed by atoms with Crippen LogP contribution in [-0.4, -0.2) is 6.21 Å². The Morgan fingerprint density at radius 1 is 0.556 bits per heavy atom. The Labute approximate surface area is 267 Å². The van der Waals surface area contributed by atoms with Gasteiger partial charge in [-0.1, -0.05) is 134 Å². The molecule has 0 unspecified atom stereocenters. The van der Waals surface area contributed by atoms with E-state index in [-0.39, 0.29) is 0 Å². The highest BCUT2D eigenvalue weighted by atomic mass is 15.5. The van der Waals surface area contributed by atoms with Gasteiger partial charge in [0, 0.05) is 17.5 Å². The van der Waals surface area contributed by atoms with Gasteiger partial charge >= 0.3 is 0 Å². The predicted molar refractivity (Wildman–Crippen MR) is 192 cm³/mol. The van der Waals surface area contributed by atoms with E-state index in [0.717, 1.165) is 34.6 Å². The maximum atomic E-state index is 4.92. The zero-order chi connectivity index (χ0) is 30.8. The molecule has 0 fully saturated rings. The monoisotopic (exact) mass is 583 g/mol. The predicted octanol–water partition coefficient (Wildman–Crippen LogP) is 11.0. The zero-order valence-corrected chi connectivity index (χ0v) is 25.8. The number of benzene rings is 6. The number of anilines is 4. The van der Waals surface area contributed by atoms with E-state index in [9.17, 15) is 0 Å². The van der Waals surface area contributed by atoms with Gasteiger partial charge in [-0.25, -0.2) is 5.01 Å². The van der Waals surface area contributed by atoms with Crippen molar-refractivity contribution in [2.24, 2.45) is 5.10 Å². The van der Waals surface area contributed by atoms with Crippen LogP contribution in [0.1, 0.15) is 34.7 Å². The summed E-state index contributed by atoms with van der Waals surface area (Å²) in [5, 5.41) is 6.89. The van der Waals surface area contributed by atoms with Crippen molar-refractivity contribution >= 4 is 34.5 Å². The van der Waals surface area contributed by atoms with E-state index in [1.54, 1.807) is 0 Å². The van der Waals surface area contributed by atoms with Gasteiger partial charge in [0.25, 0.3) is 0 Å². The van der Waals surface area contributed by atoms with Gasteiger partial charge in [-0.3, -0.25) is 0 Å². The second kappa shape index (κ2) is 14.2. The van der Waals surface area contributed by atoms with Crippen LogP contribution in [0.2, 0.25) is 0 Å². The number of hydrazone groups is 1. The molecule has 6 rings (SSSR count). The Kier molecular flexibility index (Phi) is 9.28. The van der Waals surface area contributed by atoms with Gasteiger partial charge < -0.3 is 4.90 Å². The third-order valence-corrected chi connectivity index (χ3v) is 7.87. The first-order valence-electron chi connectivity index (χ1n) is 15.5. The topological polar surface area (TPSA) is 18.8 Å². The smallest absolute Gasteiger partial charge is 0.0652 e. The first kappa shape index (κ1) is 29.4. The Hall–Kier alpha value is -5.67. The van der Waals surface area contributed by atoms with Crippen LogP contribution in [0.3, 0.4) is 0 Å². The summed E-state index contributed by atoms with van der Waals surface area (Å²) in [7, 11) is 0. The molecule has 0 aliphatic rings. The van der Waals surface area contributed by atoms with E-state index in [4.69, 9.17) is 5.10 Å². The number of rotatable bonds is 10. The molecular weight excluding hydrogens is 546 g/mol. The van der Waals surface area contributed by atoms with Crippen molar-refractivity contribution in [1.82, 2.24) is 0 Å². The second-order valence-corrected chi connectivity index (χ2v) is 10.9. The van der Waals surface area contributed by atoms with E-state index >= 15 is 0 Å². The lowest BCUT2D eigenvalue weighted by Gasteiger charge is -2.27. The van der Waals surface area contributed by atoms with Gasteiger partial charge in [0.2, 0.25) is 0 Å². The lowest BCUT2D eigenvalue weighted by Crippen LogP contribution is -2.14. The minimum absolute atomic E-state index is 0.937. The molecular formula is C42H37N3. The molecule has 220 valence electrons. The quantitative estimate of drug-likeness (QED) is 0.118. The molecule has 0 saturated carbocycles. The van der Waals surface area contributed by atoms with Crippen LogP contribution in [0.4, 0.5) is 22.7 Å². The molecule has 3 heteroatoms. The molecule has 6 aromatic rings. The molecule has 0 amide bonds. The van der Waals surface area contributed by atoms with Crippen molar-refractivity contribution in [3.63, 3.8) is 0 Å². The van der Waals surface area contributed by atoms with Gasteiger partial charge in [0.1, 0.15) is 0 Å². The molecule has 0 aromatic heterocycles. The fourth-order valence-corrected chi connectivity index (χ4v) is 5.56. The van der Waals surface area contributed by atoms with Gasteiger partial charge in [0.05, 0.1) is 23.3 Å². The van der Waals surface area contributed by atoms with Crippen LogP contribution < -0.4 is 9.91 Å². The SMILES string of the molecule is CCc1cccc(C)c1N(C=C(c1ccccc1)c1ccccc1)c1ccc(C=NN(c2ccccc2)c2ccccc2)cc1. The van der Waals surface area contributed by atoms with Crippen LogP contribution in [0.5, 0.6) is 0 Å². The van der Waals surface area contributed by atoms with Crippen LogP contribution >= 0.6 is 0 Å². The lowest BCUT2D eigenvalue weighted by molar-refractivity contribution is 1.09. The lowest BCUT2D eigenvalue weighted by atomic mass is 9.97. The van der Waals surface area contributed by atoms with Gasteiger partial charge in [-0.05, 0) is 77.6 Å². The summed E-state index contributed by atoms with van der Waals surface area (Å²) in [5.74, 6) is 0. The number of hydrogen-bond donors (Lipinski definition) is 0. The minimum Gasteiger partial charge on any atom is -0.316 e. The van der Waals surface area contributed by atoms with Crippen molar-refractivity contribution in [3.8, 4) is 0 Å². The maximum Gasteiger partial charge on any atom is 0.0652 e. The normalized spacial score (nSPS) is 10.9. The van der Waals surface area contributed by atoms with E-state index in [1.165, 1.54) is 27.9 Å². The summed E-state index contributed by atoms with van der Waals surface area (Å²) < 4.78 is 0. The van der Waals surface area contributed by atoms with Crippen LogP contribution in [0, 0.1) is 6.92 Å². The highest BCUT2D eigenvalue weighted by Gasteiger charge is 2.17. The first-order chi connectivity index (χ1) is 22.2. The summed E-state index contributed by atoms with van der Waals surface area (Å²) in [4.78, 5) is 2.35. The third kappa shape index (κ3) is 6.95. The van der Waals surface area contributed by atoms with Crippen molar-refractivity contribution in [2.75, 3.05) is 9.91 Å². The highest BCUT2D eigenvalue weighted by Crippen LogP contribution is 2.36. The number of aryl methyl sites for hydroxylation is 2. The second-order valence-electron chi connectivity index (χ2n) is 10.9. The van der Waals surface area contributed by atoms with Crippen molar-refractivity contribution < 1.29 is 0 Å². The average Bonchev–Trinajstić information content (AvgIpc) is 3.11. The summed E-state index contributed by atoms with van der Waals surface area (Å²) in [6.07, 6.45) is 5.16. The molecule has 3 nitrogen and oxygen atoms in total. The Balaban J connectivity index is 1.42. The molecule has 0 atom stereocenters. The Morgan fingerprint density at radius 2 is 1.07 bits per heavy atom. The summed E-state index contributed by atoms with van der Waals surface area (Å²) >= 11 is 0. The molecule has 0 heterocycles. The third-order valence-electron chi connectivity index (χ3n) is 7.87. The fourth-order valence-electron chi connectivity index (χ4n) is 5.56. The maximum absolute atomic E-state index is 4.92. The summed E-state index contributed by atoms with van der Waals surface area (Å²) in [6, 6.07) is 57.0. The van der Waals surface area contributed by atoms with Gasteiger partial charge in [-0.15, -0.1) is 0 Å². The van der Waals surface area contributed by atoms with Crippen LogP contribution in [-0.2, 0) is 6.42 Å². The molecule has 0 spiro atoms. The number of nitrogens with zero attached hydrogens (tertiary/aromatic N) is 3. The van der Waals surface area contributed by atoms with Gasteiger partial charge in [-0.2, -0.15) is 5.10 Å². The van der Waals surface area contributed by atoms with Gasteiger partial charge in [0.15, 0.2) is 0 Å². The fraction of sp³-hybridized carbons (Fsp3) is 0.0714. The summed E-state index contributed by atoms with van der Waals surface area (Å²) in [5.41, 5.74) is 11.4. The average molecular weight is 584 g/mol. The Bertz CT molecular complexity index is 1780. The molecule has 0 saturated heterocycles. The van der Waals surface area contributed by atoms with Crippen LogP contribution in [0.15, 0.2) is 175 Å². The van der Waals surface area contributed by atoms with Crippen LogP contribution in [0.25, 0.3) is 5.57 Å². The standard InChI is InChI=1S/C42H37N3/c1-3-35-22-16-17-33(2)42(35)44(32-41(36-18-8-4-9-19-36)37-20-10-5-11-21-37)38-29-27-34(28-30-38)31-43-45(39-23-12-6-13-24-39)40-25-14-7-15-26-40/h4-32H,3H2,1-2H3. The number of hydrogen-bond acceptors (Lipinski definition) is 3. The molecule has 0 radical (unpaired) electrons. The molecule has 45 heavy (non-hydrogen) atoms. The zero-order valence-electron chi connectivity index (χ0n) is 25.8. The molecule has 0 N–H and O–H groups in total. The molecule has 0 aliphatic heterocycles. The number of para-hydroxylation sites is 3. The van der Waals surface area contributed by atoms with Crippen molar-refractivity contribution in [1.29, 1.82) is 0 Å². The minimum atomic E-state index is 0.937. The molecule has 0 aliphatic carbocycles. The van der Waals surface area contributed by atoms with E-state index in [1.807, 2.05) is 47.6 Å². The summed E-state index contributed by atoms with van der Waals surface area (Å²) in [6.45, 7) is 4.42. The molecule has 0 bridgehead atoms. The van der Waals surface area contributed by atoms with E-state index < -0.39 is 0 Å². The largest absolute Gasteiger partial charge is 0.316 e. The van der Waals surface area contributed by atoms with Crippen molar-refractivity contribution in [3.05, 3.63) is 198 Å². The van der Waals surface area contributed by atoms with E-state index in [0.29, 0.717) is 0 Å². The molecule has 6 aromatic carbocycles.